The molecule has 3 aromatic rings. The fourth-order valence-corrected chi connectivity index (χ4v) is 6.48. The molecule has 0 radical (unpaired) electrons. The monoisotopic (exact) mass is 681 g/mol. The largest absolute Gasteiger partial charge is 0.497 e. The summed E-state index contributed by atoms with van der Waals surface area (Å²) in [4.78, 5) is 43.4. The molecule has 0 unspecified atom stereocenters. The first kappa shape index (κ1) is 35.6. The minimum absolute atomic E-state index is 0.0270. The predicted molar refractivity (Wildman–Crippen MR) is 178 cm³/mol. The minimum Gasteiger partial charge on any atom is -0.497 e. The number of nitrogens with one attached hydrogen (secondary N) is 1. The Bertz CT molecular complexity index is 1610. The first-order valence-corrected chi connectivity index (χ1v) is 16.6. The van der Waals surface area contributed by atoms with Crippen LogP contribution in [0.25, 0.3) is 0 Å². The van der Waals surface area contributed by atoms with Crippen molar-refractivity contribution in [2.75, 3.05) is 25.1 Å². The van der Waals surface area contributed by atoms with Crippen molar-refractivity contribution in [2.45, 2.75) is 83.3 Å². The highest BCUT2D eigenvalue weighted by Crippen LogP contribution is 2.43. The van der Waals surface area contributed by atoms with E-state index in [1.54, 1.807) is 43.0 Å². The van der Waals surface area contributed by atoms with Crippen LogP contribution in [0.15, 0.2) is 66.7 Å². The van der Waals surface area contributed by atoms with Gasteiger partial charge >= 0.3 is 12.3 Å². The molecule has 0 bridgehead atoms. The Kier molecular flexibility index (Phi) is 11.4. The van der Waals surface area contributed by atoms with E-state index in [2.05, 4.69) is 5.32 Å². The molecule has 12 heteroatoms. The van der Waals surface area contributed by atoms with Gasteiger partial charge in [0, 0.05) is 31.6 Å². The number of anilines is 1. The second-order valence-corrected chi connectivity index (χ2v) is 12.6. The molecule has 3 amide bonds. The van der Waals surface area contributed by atoms with Crippen molar-refractivity contribution in [3.63, 3.8) is 0 Å². The first-order chi connectivity index (χ1) is 23.5. The van der Waals surface area contributed by atoms with E-state index in [4.69, 9.17) is 14.2 Å². The Labute approximate surface area is 284 Å². The number of hydrogen-bond acceptors (Lipinski definition) is 6. The molecule has 0 spiro atoms. The number of alkyl carbamates (subject to hydrolysis) is 1. The topological polar surface area (TPSA) is 97.4 Å². The number of carbonyl (C=O) groups excluding carboxylic acids is 3. The normalized spacial score (nSPS) is 16.5. The average molecular weight is 682 g/mol. The summed E-state index contributed by atoms with van der Waals surface area (Å²) < 4.78 is 60.5. The molecule has 1 fully saturated rings. The Morgan fingerprint density at radius 2 is 1.69 bits per heavy atom. The molecule has 262 valence electrons. The van der Waals surface area contributed by atoms with E-state index in [-0.39, 0.29) is 49.6 Å². The highest BCUT2D eigenvalue weighted by Gasteiger charge is 2.43. The van der Waals surface area contributed by atoms with Gasteiger partial charge in [-0.15, -0.1) is 0 Å². The Morgan fingerprint density at radius 3 is 2.33 bits per heavy atom. The van der Waals surface area contributed by atoms with Crippen molar-refractivity contribution in [3.05, 3.63) is 89.0 Å². The van der Waals surface area contributed by atoms with Crippen LogP contribution >= 0.6 is 0 Å². The molecule has 5 rings (SSSR count). The number of ether oxygens (including phenoxy) is 3. The lowest BCUT2D eigenvalue weighted by molar-refractivity contribution is -0.138. The van der Waals surface area contributed by atoms with Gasteiger partial charge in [0.2, 0.25) is 0 Å². The van der Waals surface area contributed by atoms with Crippen LogP contribution in [-0.4, -0.2) is 61.2 Å². The summed E-state index contributed by atoms with van der Waals surface area (Å²) in [6.45, 7) is 3.45. The highest BCUT2D eigenvalue weighted by atomic mass is 19.4. The molecule has 1 aliphatic heterocycles. The van der Waals surface area contributed by atoms with Crippen LogP contribution in [-0.2, 0) is 28.7 Å². The molecule has 9 nitrogen and oxygen atoms in total. The summed E-state index contributed by atoms with van der Waals surface area (Å²) in [6.07, 6.45) is -2.47. The molecule has 0 saturated heterocycles. The molecule has 49 heavy (non-hydrogen) atoms. The molecule has 0 aromatic heterocycles. The number of hydrogen-bond donors (Lipinski definition) is 1. The Balaban J connectivity index is 1.46. The minimum atomic E-state index is -4.87. The summed E-state index contributed by atoms with van der Waals surface area (Å²) in [5, 5.41) is 2.61. The van der Waals surface area contributed by atoms with Crippen molar-refractivity contribution in [1.29, 1.82) is 0 Å². The van der Waals surface area contributed by atoms with Gasteiger partial charge in [0.25, 0.3) is 11.8 Å². The summed E-state index contributed by atoms with van der Waals surface area (Å²) in [6, 6.07) is 17.4. The van der Waals surface area contributed by atoms with E-state index < -0.39 is 41.3 Å². The molecule has 1 atom stereocenters. The van der Waals surface area contributed by atoms with Crippen LogP contribution in [0.2, 0.25) is 0 Å². The molecule has 2 aliphatic rings. The van der Waals surface area contributed by atoms with Crippen LogP contribution in [0.5, 0.6) is 11.5 Å². The summed E-state index contributed by atoms with van der Waals surface area (Å²) in [5.74, 6) is -0.837. The lowest BCUT2D eigenvalue weighted by Gasteiger charge is -2.39. The van der Waals surface area contributed by atoms with Crippen molar-refractivity contribution >= 4 is 23.6 Å². The number of amides is 3. The number of benzene rings is 3. The van der Waals surface area contributed by atoms with Crippen LogP contribution in [0.4, 0.5) is 23.7 Å². The lowest BCUT2D eigenvalue weighted by Crippen LogP contribution is -2.50. The first-order valence-electron chi connectivity index (χ1n) is 16.6. The number of alkyl halides is 3. The van der Waals surface area contributed by atoms with Gasteiger partial charge in [-0.05, 0) is 62.1 Å². The maximum absolute atomic E-state index is 14.7. The van der Waals surface area contributed by atoms with E-state index in [1.165, 1.54) is 12.0 Å². The van der Waals surface area contributed by atoms with E-state index in [0.29, 0.717) is 24.2 Å². The maximum atomic E-state index is 14.7. The molecular weight excluding hydrogens is 639 g/mol. The van der Waals surface area contributed by atoms with E-state index in [9.17, 15) is 27.6 Å². The third kappa shape index (κ3) is 8.65. The van der Waals surface area contributed by atoms with Crippen molar-refractivity contribution in [2.24, 2.45) is 0 Å². The van der Waals surface area contributed by atoms with Crippen LogP contribution in [0.3, 0.4) is 0 Å². The van der Waals surface area contributed by atoms with Gasteiger partial charge in [-0.2, -0.15) is 13.2 Å². The molecule has 3 aromatic carbocycles. The smallest absolute Gasteiger partial charge is 0.417 e. The zero-order chi connectivity index (χ0) is 35.1. The summed E-state index contributed by atoms with van der Waals surface area (Å²) in [5.41, 5.74) is -0.154. The molecule has 1 heterocycles. The van der Waals surface area contributed by atoms with Gasteiger partial charge in [0.1, 0.15) is 18.1 Å². The second-order valence-electron chi connectivity index (χ2n) is 12.6. The molecule has 1 N–H and O–H groups in total. The number of fused-ring (bicyclic) bond motifs is 1. The summed E-state index contributed by atoms with van der Waals surface area (Å²) in [7, 11) is 1.52. The fraction of sp³-hybridized carbons (Fsp3) is 0.432. The predicted octanol–water partition coefficient (Wildman–Crippen LogP) is 7.16. The zero-order valence-electron chi connectivity index (χ0n) is 27.9. The van der Waals surface area contributed by atoms with Crippen molar-refractivity contribution in [3.8, 4) is 11.5 Å². The maximum Gasteiger partial charge on any atom is 0.417 e. The van der Waals surface area contributed by atoms with E-state index >= 15 is 0 Å². The van der Waals surface area contributed by atoms with Gasteiger partial charge in [0.05, 0.1) is 23.9 Å². The third-order valence-electron chi connectivity index (χ3n) is 8.89. The van der Waals surface area contributed by atoms with Crippen molar-refractivity contribution < 1.29 is 41.8 Å². The fourth-order valence-electron chi connectivity index (χ4n) is 6.48. The van der Waals surface area contributed by atoms with Gasteiger partial charge in [-0.1, -0.05) is 61.7 Å². The summed E-state index contributed by atoms with van der Waals surface area (Å²) >= 11 is 0. The van der Waals surface area contributed by atoms with Crippen molar-refractivity contribution in [1.82, 2.24) is 10.2 Å². The van der Waals surface area contributed by atoms with Crippen LogP contribution < -0.4 is 19.7 Å². The standard InChI is InChI=1S/C37H42F3N3O6/c1-24(2)43(27-12-8-5-9-13-27)34(44)29-21-31-32(22-30(29)37(38,39)40)49-33(20-25-14-16-28(47-3)17-15-25)35(45)42(31)19-18-41-36(46)48-23-26-10-6-4-7-11-26/h4,6-7,10-11,14-17,21-22,24,27,33H,5,8-9,12-13,18-20,23H2,1-3H3,(H,41,46)/t33-/m0/s1. The number of halogens is 3. The van der Waals surface area contributed by atoms with Gasteiger partial charge in [0.15, 0.2) is 6.10 Å². The molecule has 1 aliphatic carbocycles. The lowest BCUT2D eigenvalue weighted by atomic mass is 9.92. The highest BCUT2D eigenvalue weighted by molar-refractivity contribution is 6.03. The van der Waals surface area contributed by atoms with E-state index in [0.717, 1.165) is 37.0 Å². The SMILES string of the molecule is COc1ccc(C[C@@H]2Oc3cc(C(F)(F)F)c(C(=O)N(C(C)C)C4CCCCC4)cc3N(CCNC(=O)OCc3ccccc3)C2=O)cc1. The average Bonchev–Trinajstić information content (AvgIpc) is 3.09. The Hall–Kier alpha value is -4.74. The zero-order valence-corrected chi connectivity index (χ0v) is 27.9. The molecular formula is C37H42F3N3O6. The van der Waals surface area contributed by atoms with Gasteiger partial charge in [-0.25, -0.2) is 4.79 Å². The number of methoxy groups -OCH3 is 1. The quantitative estimate of drug-likeness (QED) is 0.231. The third-order valence-corrected chi connectivity index (χ3v) is 8.89. The second kappa shape index (κ2) is 15.7. The van der Waals surface area contributed by atoms with Crippen LogP contribution in [0.1, 0.15) is 73.0 Å². The number of carbonyl (C=O) groups is 3. The molecule has 1 saturated carbocycles. The number of nitrogens with zero attached hydrogens (tertiary/aromatic N) is 2. The van der Waals surface area contributed by atoms with Gasteiger partial charge in [-0.3, -0.25) is 9.59 Å². The Morgan fingerprint density at radius 1 is 1.00 bits per heavy atom. The van der Waals surface area contributed by atoms with E-state index in [1.807, 2.05) is 30.3 Å². The van der Waals surface area contributed by atoms with Gasteiger partial charge < -0.3 is 29.3 Å². The number of rotatable bonds is 11. The van der Waals surface area contributed by atoms with Crippen LogP contribution in [0, 0.1) is 0 Å².